The van der Waals surface area contributed by atoms with Crippen LogP contribution in [-0.4, -0.2) is 31.8 Å². The number of para-hydroxylation sites is 1. The predicted octanol–water partition coefficient (Wildman–Crippen LogP) is 4.69. The van der Waals surface area contributed by atoms with Crippen LogP contribution in [0.3, 0.4) is 0 Å². The summed E-state index contributed by atoms with van der Waals surface area (Å²) in [5.74, 6) is -0.913. The second-order valence-electron chi connectivity index (χ2n) is 7.66. The fraction of sp³-hybridized carbons (Fsp3) is 0.115. The van der Waals surface area contributed by atoms with Gasteiger partial charge in [-0.3, -0.25) is 4.79 Å². The van der Waals surface area contributed by atoms with Crippen molar-refractivity contribution in [3.05, 3.63) is 90.2 Å². The van der Waals surface area contributed by atoms with Gasteiger partial charge in [-0.25, -0.2) is 13.2 Å². The van der Waals surface area contributed by atoms with Crippen molar-refractivity contribution in [1.82, 2.24) is 5.16 Å². The normalized spacial score (nSPS) is 11.1. The van der Waals surface area contributed by atoms with Crippen LogP contribution in [0.25, 0.3) is 22.4 Å². The summed E-state index contributed by atoms with van der Waals surface area (Å²) in [5, 5.41) is 4.19. The molecule has 3 aromatic carbocycles. The molecule has 8 nitrogen and oxygen atoms in total. The van der Waals surface area contributed by atoms with Gasteiger partial charge in [-0.2, -0.15) is 0 Å². The molecule has 1 heterocycles. The summed E-state index contributed by atoms with van der Waals surface area (Å²) in [4.78, 5) is 24.3. The number of carbonyl (C=O) groups excluding carboxylic acids is 2. The SMILES string of the molecule is CC(=O)Oc1ccccc1C(=O)OCc1onc(-c2ccccc2)c1-c1ccc(S(C)(=O)=O)cc1. The zero-order chi connectivity index (χ0) is 25.0. The van der Waals surface area contributed by atoms with Gasteiger partial charge in [0.2, 0.25) is 0 Å². The first kappa shape index (κ1) is 23.9. The summed E-state index contributed by atoms with van der Waals surface area (Å²) in [7, 11) is -3.37. The van der Waals surface area contributed by atoms with Gasteiger partial charge < -0.3 is 14.0 Å². The maximum absolute atomic E-state index is 12.8. The van der Waals surface area contributed by atoms with Gasteiger partial charge in [-0.15, -0.1) is 0 Å². The Morgan fingerprint density at radius 2 is 1.54 bits per heavy atom. The predicted molar refractivity (Wildman–Crippen MR) is 127 cm³/mol. The highest BCUT2D eigenvalue weighted by atomic mass is 32.2. The number of sulfone groups is 1. The minimum absolute atomic E-state index is 0.0872. The lowest BCUT2D eigenvalue weighted by molar-refractivity contribution is -0.131. The Morgan fingerprint density at radius 1 is 0.886 bits per heavy atom. The van der Waals surface area contributed by atoms with Crippen LogP contribution in [0.5, 0.6) is 5.75 Å². The van der Waals surface area contributed by atoms with Crippen LogP contribution in [0.4, 0.5) is 0 Å². The summed E-state index contributed by atoms with van der Waals surface area (Å²) < 4.78 is 39.9. The number of carbonyl (C=O) groups is 2. The van der Waals surface area contributed by atoms with Crippen LogP contribution >= 0.6 is 0 Å². The Kier molecular flexibility index (Phi) is 6.79. The molecule has 0 bridgehead atoms. The first-order chi connectivity index (χ1) is 16.7. The molecule has 4 rings (SSSR count). The molecule has 0 aliphatic rings. The van der Waals surface area contributed by atoms with E-state index in [0.717, 1.165) is 11.8 Å². The molecular formula is C26H21NO7S. The van der Waals surface area contributed by atoms with E-state index in [1.807, 2.05) is 30.3 Å². The van der Waals surface area contributed by atoms with E-state index in [1.165, 1.54) is 31.2 Å². The molecule has 0 N–H and O–H groups in total. The molecule has 9 heteroatoms. The van der Waals surface area contributed by atoms with Crippen molar-refractivity contribution >= 4 is 21.8 Å². The second kappa shape index (κ2) is 9.94. The molecule has 35 heavy (non-hydrogen) atoms. The molecule has 0 aliphatic heterocycles. The Bertz CT molecular complexity index is 1470. The smallest absolute Gasteiger partial charge is 0.342 e. The fourth-order valence-electron chi connectivity index (χ4n) is 3.47. The summed E-state index contributed by atoms with van der Waals surface area (Å²) in [6, 6.07) is 21.8. The lowest BCUT2D eigenvalue weighted by atomic mass is 9.99. The highest BCUT2D eigenvalue weighted by Gasteiger charge is 2.22. The zero-order valence-electron chi connectivity index (χ0n) is 18.9. The van der Waals surface area contributed by atoms with E-state index in [1.54, 1.807) is 24.3 Å². The Morgan fingerprint density at radius 3 is 2.20 bits per heavy atom. The van der Waals surface area contributed by atoms with Gasteiger partial charge in [-0.1, -0.05) is 59.8 Å². The van der Waals surface area contributed by atoms with Gasteiger partial charge in [0.25, 0.3) is 0 Å². The van der Waals surface area contributed by atoms with E-state index >= 15 is 0 Å². The molecule has 0 saturated carbocycles. The van der Waals surface area contributed by atoms with Crippen LogP contribution in [0.1, 0.15) is 23.0 Å². The zero-order valence-corrected chi connectivity index (χ0v) is 19.7. The van der Waals surface area contributed by atoms with E-state index in [-0.39, 0.29) is 28.6 Å². The molecule has 0 radical (unpaired) electrons. The number of nitrogens with zero attached hydrogens (tertiary/aromatic N) is 1. The number of aromatic nitrogens is 1. The minimum atomic E-state index is -3.37. The molecule has 0 saturated heterocycles. The molecule has 1 aromatic heterocycles. The number of hydrogen-bond acceptors (Lipinski definition) is 8. The topological polar surface area (TPSA) is 113 Å². The molecule has 0 amide bonds. The number of hydrogen-bond donors (Lipinski definition) is 0. The molecule has 178 valence electrons. The van der Waals surface area contributed by atoms with E-state index in [4.69, 9.17) is 14.0 Å². The molecule has 0 aliphatic carbocycles. The molecule has 0 atom stereocenters. The van der Waals surface area contributed by atoms with Crippen molar-refractivity contribution in [2.45, 2.75) is 18.4 Å². The number of esters is 2. The van der Waals surface area contributed by atoms with Gasteiger partial charge in [0, 0.05) is 18.7 Å². The number of benzene rings is 3. The first-order valence-corrected chi connectivity index (χ1v) is 12.4. The van der Waals surface area contributed by atoms with Crippen LogP contribution < -0.4 is 4.74 Å². The highest BCUT2D eigenvalue weighted by molar-refractivity contribution is 7.90. The average Bonchev–Trinajstić information content (AvgIpc) is 3.26. The average molecular weight is 492 g/mol. The van der Waals surface area contributed by atoms with Crippen LogP contribution in [-0.2, 0) is 26.0 Å². The summed E-state index contributed by atoms with van der Waals surface area (Å²) in [5.41, 5.74) is 2.59. The monoisotopic (exact) mass is 491 g/mol. The van der Waals surface area contributed by atoms with Crippen molar-refractivity contribution in [2.24, 2.45) is 0 Å². The standard InChI is InChI=1S/C26H21NO7S/c1-17(28)33-22-11-7-6-10-21(22)26(29)32-16-23-24(18-12-14-20(15-13-18)35(2,30)31)25(27-34-23)19-8-4-3-5-9-19/h3-15H,16H2,1-2H3. The van der Waals surface area contributed by atoms with Crippen LogP contribution in [0, 0.1) is 0 Å². The lowest BCUT2D eigenvalue weighted by Crippen LogP contribution is -2.10. The summed E-state index contributed by atoms with van der Waals surface area (Å²) >= 11 is 0. The fourth-order valence-corrected chi connectivity index (χ4v) is 4.10. The maximum Gasteiger partial charge on any atom is 0.342 e. The van der Waals surface area contributed by atoms with Crippen LogP contribution in [0.15, 0.2) is 88.3 Å². The Balaban J connectivity index is 1.68. The van der Waals surface area contributed by atoms with Gasteiger partial charge in [-0.05, 0) is 29.8 Å². The molecular weight excluding hydrogens is 470 g/mol. The van der Waals surface area contributed by atoms with Crippen molar-refractivity contribution in [3.8, 4) is 28.1 Å². The molecule has 4 aromatic rings. The Labute approximate surface area is 202 Å². The van der Waals surface area contributed by atoms with E-state index < -0.39 is 21.8 Å². The van der Waals surface area contributed by atoms with Gasteiger partial charge in [0.05, 0.1) is 10.5 Å². The first-order valence-electron chi connectivity index (χ1n) is 10.5. The van der Waals surface area contributed by atoms with E-state index in [2.05, 4.69) is 5.16 Å². The van der Waals surface area contributed by atoms with Crippen molar-refractivity contribution in [3.63, 3.8) is 0 Å². The third-order valence-electron chi connectivity index (χ3n) is 5.08. The van der Waals surface area contributed by atoms with Crippen molar-refractivity contribution < 1.29 is 32.0 Å². The van der Waals surface area contributed by atoms with E-state index in [9.17, 15) is 18.0 Å². The summed E-state index contributed by atoms with van der Waals surface area (Å²) in [6.45, 7) is 0.985. The third kappa shape index (κ3) is 5.47. The largest absolute Gasteiger partial charge is 0.454 e. The maximum atomic E-state index is 12.8. The van der Waals surface area contributed by atoms with Gasteiger partial charge in [0.15, 0.2) is 22.2 Å². The molecule has 0 fully saturated rings. The minimum Gasteiger partial charge on any atom is -0.454 e. The Hall–Kier alpha value is -4.24. The molecule has 0 unspecified atom stereocenters. The van der Waals surface area contributed by atoms with Gasteiger partial charge >= 0.3 is 11.9 Å². The highest BCUT2D eigenvalue weighted by Crippen LogP contribution is 2.35. The second-order valence-corrected chi connectivity index (χ2v) is 9.67. The number of rotatable bonds is 7. The summed E-state index contributed by atoms with van der Waals surface area (Å²) in [6.07, 6.45) is 1.13. The molecule has 0 spiro atoms. The third-order valence-corrected chi connectivity index (χ3v) is 6.20. The van der Waals surface area contributed by atoms with Crippen molar-refractivity contribution in [2.75, 3.05) is 6.26 Å². The van der Waals surface area contributed by atoms with Gasteiger partial charge in [0.1, 0.15) is 17.0 Å². The quantitative estimate of drug-likeness (QED) is 0.270. The number of ether oxygens (including phenoxy) is 2. The lowest BCUT2D eigenvalue weighted by Gasteiger charge is -2.09. The van der Waals surface area contributed by atoms with Crippen LogP contribution in [0.2, 0.25) is 0 Å². The van der Waals surface area contributed by atoms with Crippen molar-refractivity contribution in [1.29, 1.82) is 0 Å². The van der Waals surface area contributed by atoms with E-state index in [0.29, 0.717) is 16.8 Å².